The summed E-state index contributed by atoms with van der Waals surface area (Å²) in [6, 6.07) is 0. The van der Waals surface area contributed by atoms with Crippen molar-refractivity contribution in [3.63, 3.8) is 0 Å². The van der Waals surface area contributed by atoms with Gasteiger partial charge in [-0.2, -0.15) is 0 Å². The van der Waals surface area contributed by atoms with Crippen molar-refractivity contribution < 1.29 is 9.47 Å². The summed E-state index contributed by atoms with van der Waals surface area (Å²) in [5, 5.41) is 0. The molecule has 0 N–H and O–H groups in total. The summed E-state index contributed by atoms with van der Waals surface area (Å²) < 4.78 is 12.4. The second kappa shape index (κ2) is 4.83. The Kier molecular flexibility index (Phi) is 3.13. The third kappa shape index (κ3) is 1.77. The molecular weight excluding hydrogens is 286 g/mol. The average Bonchev–Trinajstić information content (AvgIpc) is 3.14. The fourth-order valence-corrected chi connectivity index (χ4v) is 7.01. The molecule has 4 fully saturated rings. The minimum Gasteiger partial charge on any atom is -0.347 e. The van der Waals surface area contributed by atoms with E-state index in [1.54, 1.807) is 0 Å². The number of hydrogen-bond donors (Lipinski definition) is 0. The zero-order valence-corrected chi connectivity index (χ0v) is 14.7. The molecule has 3 saturated heterocycles. The van der Waals surface area contributed by atoms with Crippen molar-refractivity contribution in [2.24, 2.45) is 23.2 Å². The van der Waals surface area contributed by atoms with Gasteiger partial charge in [0.15, 0.2) is 5.79 Å². The molecular formula is C20H31NO2. The minimum absolute atomic E-state index is 0.0812. The molecule has 0 amide bonds. The van der Waals surface area contributed by atoms with Crippen molar-refractivity contribution in [1.29, 1.82) is 0 Å². The third-order valence-corrected chi connectivity index (χ3v) is 8.29. The highest BCUT2D eigenvalue weighted by atomic mass is 16.7. The van der Waals surface area contributed by atoms with Crippen LogP contribution >= 0.6 is 0 Å². The molecule has 0 aromatic rings. The topological polar surface area (TPSA) is 21.7 Å². The maximum absolute atomic E-state index is 6.20. The van der Waals surface area contributed by atoms with E-state index in [1.807, 2.05) is 0 Å². The van der Waals surface area contributed by atoms with Crippen LogP contribution < -0.4 is 0 Å². The fraction of sp³-hybridized carbons (Fsp3) is 0.900. The van der Waals surface area contributed by atoms with Gasteiger partial charge >= 0.3 is 0 Å². The van der Waals surface area contributed by atoms with Crippen molar-refractivity contribution in [2.45, 2.75) is 63.7 Å². The second-order valence-corrected chi connectivity index (χ2v) is 9.02. The van der Waals surface area contributed by atoms with Gasteiger partial charge in [0, 0.05) is 17.4 Å². The molecule has 0 bridgehead atoms. The normalized spacial score (nSPS) is 51.5. The van der Waals surface area contributed by atoms with E-state index in [-0.39, 0.29) is 11.2 Å². The summed E-state index contributed by atoms with van der Waals surface area (Å²) in [5.41, 5.74) is 0.476. The van der Waals surface area contributed by atoms with E-state index in [0.29, 0.717) is 5.54 Å². The van der Waals surface area contributed by atoms with Gasteiger partial charge in [0.05, 0.1) is 13.2 Å². The summed E-state index contributed by atoms with van der Waals surface area (Å²) in [5.74, 6) is 1.96. The van der Waals surface area contributed by atoms with Gasteiger partial charge in [-0.3, -0.25) is 4.90 Å². The Hall–Kier alpha value is -0.380. The average molecular weight is 317 g/mol. The van der Waals surface area contributed by atoms with Gasteiger partial charge in [0.1, 0.15) is 0 Å². The van der Waals surface area contributed by atoms with E-state index in [0.717, 1.165) is 37.4 Å². The third-order valence-electron chi connectivity index (χ3n) is 8.29. The van der Waals surface area contributed by atoms with Crippen LogP contribution in [0.25, 0.3) is 0 Å². The van der Waals surface area contributed by atoms with E-state index in [1.165, 1.54) is 45.2 Å². The first-order valence-corrected chi connectivity index (χ1v) is 9.81. The lowest BCUT2D eigenvalue weighted by Crippen LogP contribution is -2.63. The van der Waals surface area contributed by atoms with Crippen molar-refractivity contribution in [1.82, 2.24) is 4.90 Å². The van der Waals surface area contributed by atoms with Crippen LogP contribution in [0, 0.1) is 23.2 Å². The molecule has 3 heterocycles. The summed E-state index contributed by atoms with van der Waals surface area (Å²) >= 11 is 0. The minimum atomic E-state index is -0.316. The molecule has 0 aromatic heterocycles. The Balaban J connectivity index is 1.53. The molecule has 1 saturated carbocycles. The van der Waals surface area contributed by atoms with Crippen LogP contribution in [-0.4, -0.2) is 42.5 Å². The SMILES string of the molecule is CC12CCCCN1CCC1C2C=CC2(C)C1CCC21OCCO1. The van der Waals surface area contributed by atoms with E-state index in [2.05, 4.69) is 30.9 Å². The highest BCUT2D eigenvalue weighted by molar-refractivity contribution is 5.24. The first kappa shape index (κ1) is 14.9. The van der Waals surface area contributed by atoms with Crippen LogP contribution in [0.3, 0.4) is 0 Å². The van der Waals surface area contributed by atoms with E-state index in [4.69, 9.17) is 9.47 Å². The predicted molar refractivity (Wildman–Crippen MR) is 90.0 cm³/mol. The standard InChI is InChI=1S/C20H31NO2/c1-18-9-5-17-15(7-12-21-11-4-3-8-19(17,21)2)16(18)6-10-20(18)22-13-14-23-20/h5,9,15-17H,3-4,6-8,10-14H2,1-2H3. The molecule has 5 aliphatic rings. The maximum Gasteiger partial charge on any atom is 0.177 e. The van der Waals surface area contributed by atoms with Crippen molar-refractivity contribution in [3.05, 3.63) is 12.2 Å². The van der Waals surface area contributed by atoms with Crippen molar-refractivity contribution in [3.8, 4) is 0 Å². The molecule has 5 atom stereocenters. The molecule has 3 heteroatoms. The van der Waals surface area contributed by atoms with Gasteiger partial charge in [-0.1, -0.05) is 25.5 Å². The molecule has 0 radical (unpaired) electrons. The van der Waals surface area contributed by atoms with E-state index < -0.39 is 0 Å². The Labute approximate surface area is 140 Å². The van der Waals surface area contributed by atoms with Gasteiger partial charge < -0.3 is 9.47 Å². The Morgan fingerprint density at radius 1 is 1.00 bits per heavy atom. The van der Waals surface area contributed by atoms with Gasteiger partial charge in [0.25, 0.3) is 0 Å². The number of piperidine rings is 2. The Morgan fingerprint density at radius 3 is 2.65 bits per heavy atom. The maximum atomic E-state index is 6.20. The number of rotatable bonds is 0. The predicted octanol–water partition coefficient (Wildman–Crippen LogP) is 3.60. The van der Waals surface area contributed by atoms with Gasteiger partial charge in [0.2, 0.25) is 0 Å². The molecule has 0 aromatic carbocycles. The van der Waals surface area contributed by atoms with Crippen LogP contribution in [0.15, 0.2) is 12.2 Å². The van der Waals surface area contributed by atoms with Gasteiger partial charge in [-0.25, -0.2) is 0 Å². The quantitative estimate of drug-likeness (QED) is 0.637. The number of ether oxygens (including phenoxy) is 2. The zero-order valence-electron chi connectivity index (χ0n) is 14.7. The van der Waals surface area contributed by atoms with E-state index >= 15 is 0 Å². The van der Waals surface area contributed by atoms with Crippen LogP contribution in [0.1, 0.15) is 52.4 Å². The summed E-state index contributed by atoms with van der Waals surface area (Å²) in [6.07, 6.45) is 13.0. The lowest BCUT2D eigenvalue weighted by molar-refractivity contribution is -0.217. The van der Waals surface area contributed by atoms with Crippen LogP contribution in [0.5, 0.6) is 0 Å². The first-order chi connectivity index (χ1) is 11.1. The first-order valence-electron chi connectivity index (χ1n) is 9.81. The number of nitrogens with zero attached hydrogens (tertiary/aromatic N) is 1. The lowest BCUT2D eigenvalue weighted by atomic mass is 9.55. The molecule has 3 aliphatic heterocycles. The number of fused-ring (bicyclic) bond motifs is 6. The largest absolute Gasteiger partial charge is 0.347 e. The van der Waals surface area contributed by atoms with Gasteiger partial charge in [-0.05, 0) is 63.5 Å². The summed E-state index contributed by atoms with van der Waals surface area (Å²) in [7, 11) is 0. The highest BCUT2D eigenvalue weighted by Crippen LogP contribution is 2.64. The number of hydrogen-bond acceptors (Lipinski definition) is 3. The Morgan fingerprint density at radius 2 is 1.83 bits per heavy atom. The molecule has 2 aliphatic carbocycles. The van der Waals surface area contributed by atoms with E-state index in [9.17, 15) is 0 Å². The zero-order chi connectivity index (χ0) is 15.7. The van der Waals surface area contributed by atoms with Gasteiger partial charge in [-0.15, -0.1) is 0 Å². The molecule has 1 spiro atoms. The molecule has 128 valence electrons. The van der Waals surface area contributed by atoms with Crippen LogP contribution in [0.2, 0.25) is 0 Å². The smallest absolute Gasteiger partial charge is 0.177 e. The summed E-state index contributed by atoms with van der Waals surface area (Å²) in [6.45, 7) is 9.12. The molecule has 3 nitrogen and oxygen atoms in total. The van der Waals surface area contributed by atoms with Crippen molar-refractivity contribution >= 4 is 0 Å². The summed E-state index contributed by atoms with van der Waals surface area (Å²) in [4.78, 5) is 2.80. The molecule has 5 rings (SSSR count). The lowest BCUT2D eigenvalue weighted by Gasteiger charge is -2.59. The molecule has 5 unspecified atom stereocenters. The van der Waals surface area contributed by atoms with Crippen LogP contribution in [-0.2, 0) is 9.47 Å². The second-order valence-electron chi connectivity index (χ2n) is 9.02. The fourth-order valence-electron chi connectivity index (χ4n) is 7.01. The van der Waals surface area contributed by atoms with Crippen LogP contribution in [0.4, 0.5) is 0 Å². The Bertz CT molecular complexity index is 526. The monoisotopic (exact) mass is 317 g/mol. The highest BCUT2D eigenvalue weighted by Gasteiger charge is 2.65. The van der Waals surface area contributed by atoms with Crippen molar-refractivity contribution in [2.75, 3.05) is 26.3 Å². The molecule has 23 heavy (non-hydrogen) atoms.